The first-order valence-corrected chi connectivity index (χ1v) is 12.1. The summed E-state index contributed by atoms with van der Waals surface area (Å²) in [5.74, 6) is -2.77. The molecule has 3 aromatic rings. The minimum absolute atomic E-state index is 0.00925. The smallest absolute Gasteiger partial charge is 0.336 e. The minimum Gasteiger partial charge on any atom is -0.478 e. The molecule has 3 rings (SSSR count). The molecule has 0 aliphatic carbocycles. The Bertz CT molecular complexity index is 1360. The zero-order valence-corrected chi connectivity index (χ0v) is 20.2. The molecule has 182 valence electrons. The highest BCUT2D eigenvalue weighted by Gasteiger charge is 2.28. The number of nitrogens with zero attached hydrogens (tertiary/aromatic N) is 2. The first kappa shape index (κ1) is 26.3. The van der Waals surface area contributed by atoms with Crippen molar-refractivity contribution in [1.82, 2.24) is 9.73 Å². The highest BCUT2D eigenvalue weighted by atomic mass is 35.5. The standard InChI is InChI=1S/C23H18Cl2FN3O5S/c24-16-8-10-17(11-9-16)35(33,34)29(13-19-20(25)6-3-7-21(19)26)14-22(30)28-27-12-15-4-1-2-5-18(15)23(31)32/h1-12H,13-14H2,(H,28,30)(H,31,32). The molecule has 8 nitrogen and oxygen atoms in total. The fourth-order valence-corrected chi connectivity index (χ4v) is 4.73. The van der Waals surface area contributed by atoms with Gasteiger partial charge in [-0.1, -0.05) is 47.5 Å². The lowest BCUT2D eigenvalue weighted by molar-refractivity contribution is -0.121. The van der Waals surface area contributed by atoms with Crippen LogP contribution in [0.15, 0.2) is 76.7 Å². The molecule has 0 aliphatic heterocycles. The Labute approximate surface area is 210 Å². The molecule has 0 aromatic heterocycles. The highest BCUT2D eigenvalue weighted by molar-refractivity contribution is 7.89. The number of hydrazone groups is 1. The van der Waals surface area contributed by atoms with Crippen LogP contribution in [-0.4, -0.2) is 42.5 Å². The van der Waals surface area contributed by atoms with Crippen LogP contribution in [0.5, 0.6) is 0 Å². The molecule has 0 heterocycles. The number of amides is 1. The molecule has 0 unspecified atom stereocenters. The number of carbonyl (C=O) groups excluding carboxylic acids is 1. The second-order valence-corrected chi connectivity index (χ2v) is 9.89. The molecule has 0 radical (unpaired) electrons. The summed E-state index contributed by atoms with van der Waals surface area (Å²) in [4.78, 5) is 23.7. The van der Waals surface area contributed by atoms with Gasteiger partial charge >= 0.3 is 5.97 Å². The monoisotopic (exact) mass is 537 g/mol. The van der Waals surface area contributed by atoms with Crippen LogP contribution >= 0.6 is 23.2 Å². The van der Waals surface area contributed by atoms with Gasteiger partial charge in [0.25, 0.3) is 5.91 Å². The maximum atomic E-state index is 14.4. The number of carbonyl (C=O) groups is 2. The lowest BCUT2D eigenvalue weighted by Crippen LogP contribution is -2.39. The predicted molar refractivity (Wildman–Crippen MR) is 130 cm³/mol. The molecule has 0 spiro atoms. The van der Waals surface area contributed by atoms with Crippen molar-refractivity contribution in [3.63, 3.8) is 0 Å². The van der Waals surface area contributed by atoms with Gasteiger partial charge in [-0.3, -0.25) is 4.79 Å². The maximum Gasteiger partial charge on any atom is 0.336 e. The van der Waals surface area contributed by atoms with E-state index in [4.69, 9.17) is 23.2 Å². The summed E-state index contributed by atoms with van der Waals surface area (Å²) >= 11 is 11.9. The fraction of sp³-hybridized carbons (Fsp3) is 0.0870. The van der Waals surface area contributed by atoms with Crippen molar-refractivity contribution in [2.45, 2.75) is 11.4 Å². The quantitative estimate of drug-likeness (QED) is 0.314. The number of rotatable bonds is 9. The average Bonchev–Trinajstić information content (AvgIpc) is 2.81. The number of carboxylic acids is 1. The molecule has 2 N–H and O–H groups in total. The van der Waals surface area contributed by atoms with Crippen LogP contribution in [0.1, 0.15) is 21.5 Å². The second-order valence-electron chi connectivity index (χ2n) is 7.11. The van der Waals surface area contributed by atoms with Crippen molar-refractivity contribution < 1.29 is 27.5 Å². The van der Waals surface area contributed by atoms with Crippen LogP contribution in [-0.2, 0) is 21.4 Å². The summed E-state index contributed by atoms with van der Waals surface area (Å²) < 4.78 is 41.6. The van der Waals surface area contributed by atoms with Crippen LogP contribution in [0.2, 0.25) is 10.0 Å². The zero-order valence-electron chi connectivity index (χ0n) is 17.9. The van der Waals surface area contributed by atoms with E-state index in [1.54, 1.807) is 6.07 Å². The number of sulfonamides is 1. The van der Waals surface area contributed by atoms with Crippen molar-refractivity contribution in [3.8, 4) is 0 Å². The third-order valence-corrected chi connectivity index (χ3v) is 7.16. The molecule has 3 aromatic carbocycles. The topological polar surface area (TPSA) is 116 Å². The zero-order chi connectivity index (χ0) is 25.6. The van der Waals surface area contributed by atoms with Crippen LogP contribution < -0.4 is 5.43 Å². The largest absolute Gasteiger partial charge is 0.478 e. The van der Waals surface area contributed by atoms with Gasteiger partial charge in [0.1, 0.15) is 5.82 Å². The molecular formula is C23H18Cl2FN3O5S. The van der Waals surface area contributed by atoms with E-state index < -0.39 is 40.8 Å². The SMILES string of the molecule is O=C(CN(Cc1c(F)cccc1Cl)S(=O)(=O)c1ccc(Cl)cc1)NN=Cc1ccccc1C(=O)O. The van der Waals surface area contributed by atoms with Crippen molar-refractivity contribution in [2.75, 3.05) is 6.54 Å². The van der Waals surface area contributed by atoms with Crippen molar-refractivity contribution >= 4 is 51.3 Å². The molecule has 0 fully saturated rings. The molecular weight excluding hydrogens is 520 g/mol. The van der Waals surface area contributed by atoms with Gasteiger partial charge in [-0.2, -0.15) is 9.41 Å². The predicted octanol–water partition coefficient (Wildman–Crippen LogP) is 4.17. The van der Waals surface area contributed by atoms with E-state index in [0.717, 1.165) is 16.6 Å². The van der Waals surface area contributed by atoms with Crippen molar-refractivity contribution in [2.24, 2.45) is 5.10 Å². The minimum atomic E-state index is -4.28. The Kier molecular flexibility index (Phi) is 8.57. The summed E-state index contributed by atoms with van der Waals surface area (Å²) in [5.41, 5.74) is 2.24. The average molecular weight is 538 g/mol. The molecule has 35 heavy (non-hydrogen) atoms. The summed E-state index contributed by atoms with van der Waals surface area (Å²) in [6, 6.07) is 15.1. The molecule has 0 atom stereocenters. The number of halogens is 3. The van der Waals surface area contributed by atoms with E-state index in [1.807, 2.05) is 0 Å². The van der Waals surface area contributed by atoms with Gasteiger partial charge in [-0.15, -0.1) is 0 Å². The molecule has 0 aliphatic rings. The number of hydrogen-bond acceptors (Lipinski definition) is 5. The fourth-order valence-electron chi connectivity index (χ4n) is 3.01. The third kappa shape index (κ3) is 6.64. The Morgan fingerprint density at radius 2 is 1.71 bits per heavy atom. The van der Waals surface area contributed by atoms with E-state index in [2.05, 4.69) is 10.5 Å². The Balaban J connectivity index is 1.86. The van der Waals surface area contributed by atoms with Gasteiger partial charge in [-0.25, -0.2) is 23.0 Å². The maximum absolute atomic E-state index is 14.4. The van der Waals surface area contributed by atoms with E-state index in [0.29, 0.717) is 5.02 Å². The summed E-state index contributed by atoms with van der Waals surface area (Å²) in [7, 11) is -4.28. The number of aromatic carboxylic acids is 1. The third-order valence-electron chi connectivity index (χ3n) is 4.75. The van der Waals surface area contributed by atoms with Gasteiger partial charge in [0.15, 0.2) is 0 Å². The van der Waals surface area contributed by atoms with Crippen LogP contribution in [0.4, 0.5) is 4.39 Å². The lowest BCUT2D eigenvalue weighted by Gasteiger charge is -2.22. The van der Waals surface area contributed by atoms with E-state index in [-0.39, 0.29) is 26.6 Å². The number of carboxylic acid groups (broad SMARTS) is 1. The van der Waals surface area contributed by atoms with E-state index in [1.165, 1.54) is 54.6 Å². The molecule has 0 bridgehead atoms. The Morgan fingerprint density at radius 3 is 2.37 bits per heavy atom. The van der Waals surface area contributed by atoms with Gasteiger partial charge in [0.2, 0.25) is 10.0 Å². The lowest BCUT2D eigenvalue weighted by atomic mass is 10.1. The van der Waals surface area contributed by atoms with E-state index >= 15 is 0 Å². The number of nitrogens with one attached hydrogen (secondary N) is 1. The number of hydrogen-bond donors (Lipinski definition) is 2. The summed E-state index contributed by atoms with van der Waals surface area (Å²) in [6.07, 6.45) is 1.12. The Hall–Kier alpha value is -3.31. The summed E-state index contributed by atoms with van der Waals surface area (Å²) in [6.45, 7) is -1.26. The molecule has 1 amide bonds. The van der Waals surface area contributed by atoms with Crippen molar-refractivity contribution in [3.05, 3.63) is 99.3 Å². The molecule has 12 heteroatoms. The van der Waals surface area contributed by atoms with Crippen LogP contribution in [0.3, 0.4) is 0 Å². The molecule has 0 saturated heterocycles. The highest BCUT2D eigenvalue weighted by Crippen LogP contribution is 2.25. The van der Waals surface area contributed by atoms with Gasteiger partial charge < -0.3 is 5.11 Å². The Morgan fingerprint density at radius 1 is 1.03 bits per heavy atom. The first-order chi connectivity index (χ1) is 16.6. The van der Waals surface area contributed by atoms with Gasteiger partial charge in [-0.05, 0) is 42.5 Å². The van der Waals surface area contributed by atoms with Crippen molar-refractivity contribution in [1.29, 1.82) is 0 Å². The molecule has 0 saturated carbocycles. The van der Waals surface area contributed by atoms with Crippen LogP contribution in [0, 0.1) is 5.82 Å². The first-order valence-electron chi connectivity index (χ1n) is 9.92. The normalized spacial score (nSPS) is 11.7. The van der Waals surface area contributed by atoms with Crippen LogP contribution in [0.25, 0.3) is 0 Å². The second kappa shape index (κ2) is 11.4. The van der Waals surface area contributed by atoms with E-state index in [9.17, 15) is 27.5 Å². The van der Waals surface area contributed by atoms with Gasteiger partial charge in [0, 0.05) is 27.7 Å². The summed E-state index contributed by atoms with van der Waals surface area (Å²) in [5, 5.41) is 13.2. The number of benzene rings is 3. The van der Waals surface area contributed by atoms with Gasteiger partial charge in [0.05, 0.1) is 23.2 Å².